The predicted octanol–water partition coefficient (Wildman–Crippen LogP) is 15.0. The number of halogens is 6. The molecule has 0 aromatic heterocycles. The van der Waals surface area contributed by atoms with E-state index in [1.165, 1.54) is 46.5 Å². The lowest BCUT2D eigenvalue weighted by molar-refractivity contribution is 0.100. The first-order valence-electron chi connectivity index (χ1n) is 33.1. The van der Waals surface area contributed by atoms with E-state index in [1.807, 2.05) is 66.7 Å². The fraction of sp³-hybridized carbons (Fsp3) is 0.208. The zero-order valence-electron chi connectivity index (χ0n) is 55.3. The summed E-state index contributed by atoms with van der Waals surface area (Å²) in [6, 6.07) is 49.5. The lowest BCUT2D eigenvalue weighted by Gasteiger charge is -2.26. The van der Waals surface area contributed by atoms with E-state index >= 15 is 0 Å². The van der Waals surface area contributed by atoms with Crippen molar-refractivity contribution in [2.24, 2.45) is 34.4 Å². The number of nitrogens with two attached hydrogens (primary N) is 6. The third-order valence-corrected chi connectivity index (χ3v) is 18.9. The summed E-state index contributed by atoms with van der Waals surface area (Å²) < 4.78 is 40.5. The highest BCUT2D eigenvalue weighted by Crippen LogP contribution is 2.45. The average Bonchev–Trinajstić information content (AvgIpc) is 0.730. The third-order valence-electron chi connectivity index (χ3n) is 17.9. The van der Waals surface area contributed by atoms with Crippen molar-refractivity contribution in [3.63, 3.8) is 0 Å². The van der Waals surface area contributed by atoms with Crippen molar-refractivity contribution in [1.82, 2.24) is 0 Å². The molecule has 0 fully saturated rings. The SMILES string of the molecule is Cc1ccccc1-c1ccc2c(c1CN)NCCN2.NCc1c(-c2cc(F)ccc2Cl)ccc2c1NCCN2.NCc1c(-c2ccc(F)cc2F)ccc2c1NCCN2.NCc1c(-c2ccccc2Cl)ccc2c1NCCN2.NCc1c2c(cc(C(N)=O)c1-c1ccccc1Cl)NCCN2. The van der Waals surface area contributed by atoms with Crippen LogP contribution in [0.1, 0.15) is 43.7 Å². The van der Waals surface area contributed by atoms with Crippen LogP contribution in [0.4, 0.5) is 70.0 Å². The Balaban J connectivity index is 0.000000126. The van der Waals surface area contributed by atoms with Crippen LogP contribution in [0.3, 0.4) is 0 Å². The number of carbonyl (C=O) groups is 1. The van der Waals surface area contributed by atoms with Crippen LogP contribution in [0.2, 0.25) is 15.1 Å². The number of rotatable bonds is 11. The van der Waals surface area contributed by atoms with Crippen molar-refractivity contribution in [1.29, 1.82) is 0 Å². The van der Waals surface area contributed by atoms with E-state index < -0.39 is 17.5 Å². The Hall–Kier alpha value is -9.87. The number of hydrogen-bond donors (Lipinski definition) is 16. The van der Waals surface area contributed by atoms with Crippen LogP contribution >= 0.6 is 34.8 Å². The summed E-state index contributed by atoms with van der Waals surface area (Å²) in [5, 5.41) is 35.3. The minimum atomic E-state index is -0.585. The molecule has 15 rings (SSSR count). The van der Waals surface area contributed by atoms with Gasteiger partial charge in [-0.2, -0.15) is 0 Å². The van der Waals surface area contributed by atoms with E-state index in [-0.39, 0.29) is 18.9 Å². The zero-order valence-corrected chi connectivity index (χ0v) is 57.6. The smallest absolute Gasteiger partial charge is 0.249 e. The van der Waals surface area contributed by atoms with Crippen LogP contribution < -0.4 is 87.6 Å². The largest absolute Gasteiger partial charge is 0.382 e. The summed E-state index contributed by atoms with van der Waals surface area (Å²) >= 11 is 18.8. The van der Waals surface area contributed by atoms with Gasteiger partial charge in [0.1, 0.15) is 17.5 Å². The minimum absolute atomic E-state index is 0.276. The summed E-state index contributed by atoms with van der Waals surface area (Å²) in [4.78, 5) is 12.0. The Bertz CT molecular complexity index is 4510. The molecule has 0 unspecified atom stereocenters. The van der Waals surface area contributed by atoms with Crippen molar-refractivity contribution in [3.8, 4) is 55.6 Å². The molecular weight excluding hydrogens is 1330 g/mol. The molecule has 5 aliphatic heterocycles. The summed E-state index contributed by atoms with van der Waals surface area (Å²) in [5.74, 6) is -1.97. The van der Waals surface area contributed by atoms with Gasteiger partial charge in [0.25, 0.3) is 0 Å². The van der Waals surface area contributed by atoms with Crippen molar-refractivity contribution in [2.75, 3.05) is 119 Å². The standard InChI is InChI=1S/C16H17ClN4O.C16H19N3.C15H15ClFN3.C15H16ClN3.C15H15F2N3/c17-12-4-2-1-3-9(12)14-10(16(19)22)7-13-15(11(14)8-18)21-6-5-20-13;1-11-4-2-3-5-12(11)13-6-7-15-16(14(13)10-17)19-9-8-18-15;16-13-3-1-9(17)7-11(13)10-2-4-14-15(12(10)8-18)20-6-5-19-14;16-13-4-2-1-3-11(13)10-5-6-14-15(12(10)9-17)19-8-7-18-14;16-9-1-2-11(13(17)7-9)10-3-4-14-15(12(10)8-18)20-6-5-19-14/h1-4,7,20-21H,5-6,8,18H2,(H2,19,22);2-7,18-19H,8-10,17H2,1H3;1-4,7,19-20H,5-6,8,18H2;1-6,18-19H,7-9,17H2;1-4,7,19-20H,5-6,8,18H2. The number of nitrogens with one attached hydrogen (secondary N) is 10. The maximum Gasteiger partial charge on any atom is 0.249 e. The number of primary amides is 1. The Kier molecular flexibility index (Phi) is 23.8. The molecule has 0 bridgehead atoms. The van der Waals surface area contributed by atoms with E-state index in [4.69, 9.17) is 69.2 Å². The second-order valence-corrected chi connectivity index (χ2v) is 25.2. The highest BCUT2D eigenvalue weighted by molar-refractivity contribution is 6.34. The van der Waals surface area contributed by atoms with Crippen LogP contribution in [0.15, 0.2) is 164 Å². The van der Waals surface area contributed by atoms with Crippen molar-refractivity contribution in [2.45, 2.75) is 39.6 Å². The van der Waals surface area contributed by atoms with Gasteiger partial charge in [0.2, 0.25) is 5.91 Å². The predicted molar refractivity (Wildman–Crippen MR) is 412 cm³/mol. The third kappa shape index (κ3) is 15.7. The van der Waals surface area contributed by atoms with Gasteiger partial charge >= 0.3 is 0 Å². The zero-order chi connectivity index (χ0) is 70.4. The van der Waals surface area contributed by atoms with Gasteiger partial charge in [-0.05, 0) is 141 Å². The molecule has 0 spiro atoms. The van der Waals surface area contributed by atoms with E-state index in [9.17, 15) is 18.0 Å². The van der Waals surface area contributed by atoms with Gasteiger partial charge in [-0.1, -0.05) is 120 Å². The van der Waals surface area contributed by atoms with Crippen LogP contribution in [0.5, 0.6) is 0 Å². The molecule has 22 N–H and O–H groups in total. The van der Waals surface area contributed by atoms with Gasteiger partial charge in [0.05, 0.1) is 56.9 Å². The summed E-state index contributed by atoms with van der Waals surface area (Å²) in [6.45, 7) is 12.7. The first-order valence-corrected chi connectivity index (χ1v) is 34.3. The van der Waals surface area contributed by atoms with Crippen LogP contribution in [0, 0.1) is 24.4 Å². The highest BCUT2D eigenvalue weighted by atomic mass is 35.5. The first kappa shape index (κ1) is 71.4. The number of benzene rings is 10. The van der Waals surface area contributed by atoms with Crippen molar-refractivity contribution in [3.05, 3.63) is 235 Å². The molecule has 0 saturated carbocycles. The molecule has 10 aromatic carbocycles. The van der Waals surface area contributed by atoms with Crippen molar-refractivity contribution < 1.29 is 18.0 Å². The molecule has 0 saturated heterocycles. The fourth-order valence-electron chi connectivity index (χ4n) is 13.2. The molecule has 100 heavy (non-hydrogen) atoms. The molecule has 0 radical (unpaired) electrons. The van der Waals surface area contributed by atoms with Gasteiger partial charge in [-0.25, -0.2) is 13.2 Å². The second-order valence-electron chi connectivity index (χ2n) is 23.9. The van der Waals surface area contributed by atoms with E-state index in [0.717, 1.165) is 178 Å². The second kappa shape index (κ2) is 33.3. The minimum Gasteiger partial charge on any atom is -0.382 e. The quantitative estimate of drug-likeness (QED) is 0.0573. The number of aryl methyl sites for hydroxylation is 1. The average molecular weight is 1410 g/mol. The van der Waals surface area contributed by atoms with Crippen LogP contribution in [0.25, 0.3) is 55.6 Å². The molecule has 518 valence electrons. The van der Waals surface area contributed by atoms with Gasteiger partial charge in [-0.3, -0.25) is 4.79 Å². The molecule has 10 aromatic rings. The first-order chi connectivity index (χ1) is 48.7. The van der Waals surface area contributed by atoms with Gasteiger partial charge in [-0.15, -0.1) is 0 Å². The number of anilines is 10. The maximum absolute atomic E-state index is 14.0. The summed E-state index contributed by atoms with van der Waals surface area (Å²) in [7, 11) is 0. The number of fused-ring (bicyclic) bond motifs is 5. The van der Waals surface area contributed by atoms with E-state index in [0.29, 0.717) is 57.5 Å². The van der Waals surface area contributed by atoms with Gasteiger partial charge in [0, 0.05) is 153 Å². The number of carbonyl (C=O) groups excluding carboxylic acids is 1. The van der Waals surface area contributed by atoms with Crippen LogP contribution in [-0.2, 0) is 32.7 Å². The Labute approximate surface area is 595 Å². The number of hydrogen-bond acceptors (Lipinski definition) is 16. The molecule has 1 amide bonds. The monoisotopic (exact) mass is 1410 g/mol. The molecule has 17 nitrogen and oxygen atoms in total. The van der Waals surface area contributed by atoms with Crippen LogP contribution in [-0.4, -0.2) is 71.4 Å². The molecular formula is C77H82Cl3F3N16O. The normalized spacial score (nSPS) is 13.3. The fourth-order valence-corrected chi connectivity index (χ4v) is 13.9. The lowest BCUT2D eigenvalue weighted by Crippen LogP contribution is -2.24. The Morgan fingerprint density at radius 1 is 0.340 bits per heavy atom. The summed E-state index contributed by atoms with van der Waals surface area (Å²) in [6.07, 6.45) is 0. The topological polar surface area (TPSA) is 293 Å². The lowest BCUT2D eigenvalue weighted by atomic mass is 9.91. The van der Waals surface area contributed by atoms with E-state index in [2.05, 4.69) is 109 Å². The van der Waals surface area contributed by atoms with Gasteiger partial charge in [0.15, 0.2) is 0 Å². The highest BCUT2D eigenvalue weighted by Gasteiger charge is 2.26. The molecule has 5 aliphatic rings. The molecule has 0 atom stereocenters. The molecule has 5 heterocycles. The Morgan fingerprint density at radius 2 is 0.670 bits per heavy atom. The Morgan fingerprint density at radius 3 is 1.09 bits per heavy atom. The molecule has 23 heteroatoms. The maximum atomic E-state index is 14.0. The summed E-state index contributed by atoms with van der Waals surface area (Å²) in [5.41, 5.74) is 60.7. The number of amides is 1. The van der Waals surface area contributed by atoms with E-state index in [1.54, 1.807) is 18.2 Å². The molecule has 0 aliphatic carbocycles. The van der Waals surface area contributed by atoms with Gasteiger partial charge < -0.3 is 87.6 Å². The van der Waals surface area contributed by atoms with Crippen molar-refractivity contribution >= 4 is 97.6 Å².